The largest absolute Gasteiger partial charge is 0.497 e. The molecule has 0 bridgehead atoms. The zero-order valence-corrected chi connectivity index (χ0v) is 26.7. The molecule has 0 spiro atoms. The van der Waals surface area contributed by atoms with Crippen LogP contribution in [0.15, 0.2) is 78.2 Å². The maximum Gasteiger partial charge on any atom is 0.416 e. The second-order valence-corrected chi connectivity index (χ2v) is 12.2. The summed E-state index contributed by atoms with van der Waals surface area (Å²) in [5.41, 5.74) is 1.31. The highest BCUT2D eigenvalue weighted by Crippen LogP contribution is 2.35. The second-order valence-electron chi connectivity index (χ2n) is 11.3. The maximum atomic E-state index is 13.8. The van der Waals surface area contributed by atoms with Crippen LogP contribution >= 0.6 is 11.3 Å². The number of amides is 2. The smallest absolute Gasteiger partial charge is 0.416 e. The summed E-state index contributed by atoms with van der Waals surface area (Å²) in [6, 6.07) is 17.2. The number of hydrogen-bond donors (Lipinski definition) is 1. The summed E-state index contributed by atoms with van der Waals surface area (Å²) in [6.45, 7) is 2.73. The first kappa shape index (κ1) is 33.6. The molecular weight excluding hydrogens is 631 g/mol. The molecule has 3 aromatic carbocycles. The Morgan fingerprint density at radius 1 is 1.02 bits per heavy atom. The minimum absolute atomic E-state index is 0.00361. The molecule has 1 fully saturated rings. The standard InChI is InChI=1S/C35H34F3N3O5S/c1-3-6-30(34(44)45)41(25-13-15-26(46-2)16-14-25)33(43)29-21-47-31(39-29)23-17-19-40(20-18-23)32(42)28-8-5-4-7-27(28)22-9-11-24(12-10-22)35(36,37)38/h4-5,7-16,21,23,30H,3,6,17-20H2,1-2H3,(H,44,45)/t30-/m0/s1. The van der Waals surface area contributed by atoms with Crippen LogP contribution in [0.3, 0.4) is 0 Å². The van der Waals surface area contributed by atoms with Gasteiger partial charge in [0.1, 0.15) is 17.5 Å². The van der Waals surface area contributed by atoms with Crippen LogP contribution in [0.1, 0.15) is 69.9 Å². The predicted molar refractivity (Wildman–Crippen MR) is 173 cm³/mol. The SMILES string of the molecule is CCC[C@@H](C(=O)O)N(C(=O)c1csc(C2CCN(C(=O)c3ccccc3-c3ccc(C(F)(F)F)cc3)CC2)n1)c1ccc(OC)cc1. The van der Waals surface area contributed by atoms with Crippen LogP contribution < -0.4 is 9.64 Å². The molecule has 1 N–H and O–H groups in total. The number of halogens is 3. The van der Waals surface area contributed by atoms with Gasteiger partial charge in [0.15, 0.2) is 0 Å². The van der Waals surface area contributed by atoms with E-state index in [0.29, 0.717) is 60.5 Å². The van der Waals surface area contributed by atoms with Crippen molar-refractivity contribution >= 4 is 34.8 Å². The number of benzene rings is 3. The topological polar surface area (TPSA) is 100 Å². The number of methoxy groups -OCH3 is 1. The van der Waals surface area contributed by atoms with Crippen LogP contribution in [-0.4, -0.2) is 59.0 Å². The van der Waals surface area contributed by atoms with E-state index < -0.39 is 29.7 Å². The van der Waals surface area contributed by atoms with Gasteiger partial charge < -0.3 is 14.7 Å². The van der Waals surface area contributed by atoms with Crippen molar-refractivity contribution in [3.05, 3.63) is 100 Å². The number of thiazole rings is 1. The average Bonchev–Trinajstić information content (AvgIpc) is 3.58. The predicted octanol–water partition coefficient (Wildman–Crippen LogP) is 7.76. The monoisotopic (exact) mass is 665 g/mol. The lowest BCUT2D eigenvalue weighted by molar-refractivity contribution is -0.139. The number of rotatable bonds is 10. The Morgan fingerprint density at radius 3 is 2.28 bits per heavy atom. The summed E-state index contributed by atoms with van der Waals surface area (Å²) in [4.78, 5) is 47.3. The van der Waals surface area contributed by atoms with Crippen LogP contribution in [0.2, 0.25) is 0 Å². The van der Waals surface area contributed by atoms with Crippen LogP contribution in [0, 0.1) is 0 Å². The van der Waals surface area contributed by atoms with E-state index in [1.807, 2.05) is 6.92 Å². The Balaban J connectivity index is 1.30. The van der Waals surface area contributed by atoms with Crippen molar-refractivity contribution in [3.8, 4) is 16.9 Å². The number of aliphatic carboxylic acids is 1. The van der Waals surface area contributed by atoms with Crippen LogP contribution in [0.25, 0.3) is 11.1 Å². The Hall–Kier alpha value is -4.71. The van der Waals surface area contributed by atoms with Gasteiger partial charge in [-0.15, -0.1) is 11.3 Å². The van der Waals surface area contributed by atoms with Crippen molar-refractivity contribution in [1.29, 1.82) is 0 Å². The summed E-state index contributed by atoms with van der Waals surface area (Å²) in [5.74, 6) is -1.25. The molecule has 1 aliphatic rings. The lowest BCUT2D eigenvalue weighted by atomic mass is 9.94. The number of hydrogen-bond acceptors (Lipinski definition) is 6. The number of likely N-dealkylation sites (tertiary alicyclic amines) is 1. The molecule has 2 heterocycles. The first-order valence-electron chi connectivity index (χ1n) is 15.2. The molecule has 2 amide bonds. The van der Waals surface area contributed by atoms with E-state index in [1.165, 1.54) is 35.5 Å². The van der Waals surface area contributed by atoms with Gasteiger partial charge in [0.2, 0.25) is 0 Å². The number of alkyl halides is 3. The van der Waals surface area contributed by atoms with Gasteiger partial charge in [-0.25, -0.2) is 9.78 Å². The van der Waals surface area contributed by atoms with E-state index in [9.17, 15) is 32.7 Å². The average molecular weight is 666 g/mol. The lowest BCUT2D eigenvalue weighted by Gasteiger charge is -2.31. The minimum Gasteiger partial charge on any atom is -0.497 e. The Labute approximate surface area is 274 Å². The van der Waals surface area contributed by atoms with Crippen molar-refractivity contribution in [2.24, 2.45) is 0 Å². The van der Waals surface area contributed by atoms with Crippen LogP contribution in [0.5, 0.6) is 5.75 Å². The van der Waals surface area contributed by atoms with E-state index in [4.69, 9.17) is 4.74 Å². The fraction of sp³-hybridized carbons (Fsp3) is 0.314. The third-order valence-corrected chi connectivity index (χ3v) is 9.29. The number of piperidine rings is 1. The summed E-state index contributed by atoms with van der Waals surface area (Å²) in [7, 11) is 1.52. The van der Waals surface area contributed by atoms with E-state index in [1.54, 1.807) is 58.8 Å². The van der Waals surface area contributed by atoms with Gasteiger partial charge in [-0.3, -0.25) is 14.5 Å². The molecular formula is C35H34F3N3O5S. The number of carboxylic acids is 1. The summed E-state index contributed by atoms with van der Waals surface area (Å²) in [6.07, 6.45) is -2.42. The van der Waals surface area contributed by atoms with Crippen molar-refractivity contribution in [2.45, 2.75) is 50.7 Å². The molecule has 12 heteroatoms. The van der Waals surface area contributed by atoms with Crippen molar-refractivity contribution in [1.82, 2.24) is 9.88 Å². The molecule has 1 atom stereocenters. The summed E-state index contributed by atoms with van der Waals surface area (Å²) >= 11 is 1.34. The highest BCUT2D eigenvalue weighted by molar-refractivity contribution is 7.10. The Bertz CT molecular complexity index is 1720. The number of carbonyl (C=O) groups is 3. The Kier molecular flexibility index (Phi) is 10.3. The first-order chi connectivity index (χ1) is 22.5. The van der Waals surface area contributed by atoms with Gasteiger partial charge in [0.25, 0.3) is 11.8 Å². The molecule has 1 saturated heterocycles. The van der Waals surface area contributed by atoms with E-state index >= 15 is 0 Å². The van der Waals surface area contributed by atoms with Gasteiger partial charge >= 0.3 is 12.1 Å². The fourth-order valence-electron chi connectivity index (χ4n) is 5.77. The number of aromatic nitrogens is 1. The van der Waals surface area contributed by atoms with Gasteiger partial charge in [0, 0.05) is 35.6 Å². The molecule has 4 aromatic rings. The molecule has 8 nitrogen and oxygen atoms in total. The third-order valence-electron chi connectivity index (χ3n) is 8.28. The number of nitrogens with zero attached hydrogens (tertiary/aromatic N) is 3. The van der Waals surface area contributed by atoms with Crippen molar-refractivity contribution in [3.63, 3.8) is 0 Å². The van der Waals surface area contributed by atoms with Crippen LogP contribution in [-0.2, 0) is 11.0 Å². The fourth-order valence-corrected chi connectivity index (χ4v) is 6.74. The molecule has 1 aromatic heterocycles. The van der Waals surface area contributed by atoms with E-state index in [-0.39, 0.29) is 23.9 Å². The number of ether oxygens (including phenoxy) is 1. The van der Waals surface area contributed by atoms with Gasteiger partial charge in [-0.05, 0) is 72.9 Å². The minimum atomic E-state index is -4.45. The second kappa shape index (κ2) is 14.4. The molecule has 1 aliphatic heterocycles. The summed E-state index contributed by atoms with van der Waals surface area (Å²) in [5, 5.41) is 12.4. The molecule has 0 aliphatic carbocycles. The number of carboxylic acid groups (broad SMARTS) is 1. The molecule has 0 radical (unpaired) electrons. The van der Waals surface area contributed by atoms with E-state index in [2.05, 4.69) is 4.98 Å². The van der Waals surface area contributed by atoms with Crippen molar-refractivity contribution < 1.29 is 37.4 Å². The summed E-state index contributed by atoms with van der Waals surface area (Å²) < 4.78 is 44.5. The van der Waals surface area contributed by atoms with Gasteiger partial charge in [-0.1, -0.05) is 43.7 Å². The lowest BCUT2D eigenvalue weighted by Crippen LogP contribution is -2.45. The quantitative estimate of drug-likeness (QED) is 0.186. The van der Waals surface area contributed by atoms with Gasteiger partial charge in [0.05, 0.1) is 17.7 Å². The first-order valence-corrected chi connectivity index (χ1v) is 16.1. The molecule has 0 unspecified atom stereocenters. The normalized spacial score (nSPS) is 14.4. The molecule has 246 valence electrons. The van der Waals surface area contributed by atoms with Crippen LogP contribution in [0.4, 0.5) is 18.9 Å². The zero-order valence-electron chi connectivity index (χ0n) is 25.9. The van der Waals surface area contributed by atoms with Gasteiger partial charge in [-0.2, -0.15) is 13.2 Å². The highest BCUT2D eigenvalue weighted by atomic mass is 32.1. The third kappa shape index (κ3) is 7.48. The number of carbonyl (C=O) groups excluding carboxylic acids is 2. The molecule has 47 heavy (non-hydrogen) atoms. The molecule has 0 saturated carbocycles. The Morgan fingerprint density at radius 2 is 1.68 bits per heavy atom. The number of anilines is 1. The highest BCUT2D eigenvalue weighted by Gasteiger charge is 2.34. The molecule has 5 rings (SSSR count). The zero-order chi connectivity index (χ0) is 33.7. The maximum absolute atomic E-state index is 13.8. The van der Waals surface area contributed by atoms with Crippen molar-refractivity contribution in [2.75, 3.05) is 25.1 Å². The van der Waals surface area contributed by atoms with E-state index in [0.717, 1.165) is 17.1 Å².